The van der Waals surface area contributed by atoms with E-state index in [1.165, 1.54) is 12.1 Å². The molecule has 2 saturated heterocycles. The van der Waals surface area contributed by atoms with Gasteiger partial charge in [-0.15, -0.1) is 13.2 Å². The van der Waals surface area contributed by atoms with E-state index in [0.717, 1.165) is 43.8 Å². The van der Waals surface area contributed by atoms with Crippen LogP contribution in [0.3, 0.4) is 0 Å². The fourth-order valence-electron chi connectivity index (χ4n) is 2.55. The molecule has 0 aromatic heterocycles. The van der Waals surface area contributed by atoms with Crippen molar-refractivity contribution in [3.05, 3.63) is 41.1 Å². The molecule has 0 bridgehead atoms. The van der Waals surface area contributed by atoms with Gasteiger partial charge in [-0.3, -0.25) is 4.79 Å². The number of halogens is 3. The largest absolute Gasteiger partial charge is 0.573 e. The highest BCUT2D eigenvalue weighted by Gasteiger charge is 2.34. The third-order valence-electron chi connectivity index (χ3n) is 3.62. The monoisotopic (exact) mass is 312 g/mol. The van der Waals surface area contributed by atoms with E-state index < -0.39 is 6.36 Å². The number of allylic oxidation sites excluding steroid dienone is 1. The number of carbonyl (C=O) groups is 1. The maximum absolute atomic E-state index is 12.6. The average molecular weight is 312 g/mol. The lowest BCUT2D eigenvalue weighted by Gasteiger charge is -2.11. The van der Waals surface area contributed by atoms with Gasteiger partial charge in [0, 0.05) is 29.9 Å². The zero-order chi connectivity index (χ0) is 15.7. The maximum Gasteiger partial charge on any atom is 0.573 e. The molecule has 0 spiro atoms. The third-order valence-corrected chi connectivity index (χ3v) is 3.62. The van der Waals surface area contributed by atoms with E-state index in [-0.39, 0.29) is 17.6 Å². The first-order valence-electron chi connectivity index (χ1n) is 7.05. The molecule has 0 saturated carbocycles. The molecular weight excluding hydrogens is 297 g/mol. The zero-order valence-electron chi connectivity index (χ0n) is 11.7. The molecule has 1 aromatic rings. The van der Waals surface area contributed by atoms with E-state index >= 15 is 0 Å². The molecule has 2 aliphatic rings. The minimum atomic E-state index is -4.73. The van der Waals surface area contributed by atoms with Crippen molar-refractivity contribution in [2.24, 2.45) is 0 Å². The summed E-state index contributed by atoms with van der Waals surface area (Å²) in [5.74, 6) is -0.486. The Morgan fingerprint density at radius 3 is 2.41 bits per heavy atom. The molecule has 22 heavy (non-hydrogen) atoms. The smallest absolute Gasteiger partial charge is 0.406 e. The van der Waals surface area contributed by atoms with Crippen molar-refractivity contribution in [1.82, 2.24) is 10.6 Å². The molecule has 3 rings (SSSR count). The van der Waals surface area contributed by atoms with Crippen molar-refractivity contribution in [1.29, 1.82) is 0 Å². The summed E-state index contributed by atoms with van der Waals surface area (Å²) in [6, 6.07) is 5.08. The highest BCUT2D eigenvalue weighted by Crippen LogP contribution is 2.27. The summed E-state index contributed by atoms with van der Waals surface area (Å²) >= 11 is 0. The van der Waals surface area contributed by atoms with Gasteiger partial charge < -0.3 is 15.4 Å². The standard InChI is InChI=1S/C15H15F3N2O2/c16-15(17,18)22-10-5-3-9(4-6-10)14(21)13(12-8-20-12)11-2-1-7-19-11/h3-6,12,19-20H,1-2,7-8H2/b13-11-. The summed E-state index contributed by atoms with van der Waals surface area (Å²) in [5.41, 5.74) is 2.00. The molecule has 118 valence electrons. The topological polar surface area (TPSA) is 60.3 Å². The number of benzene rings is 1. The number of Topliss-reactive ketones (excluding diaryl/α,β-unsaturated/α-hetero) is 1. The molecule has 2 N–H and O–H groups in total. The molecule has 0 radical (unpaired) electrons. The summed E-state index contributed by atoms with van der Waals surface area (Å²) < 4.78 is 40.2. The van der Waals surface area contributed by atoms with Crippen LogP contribution in [0.1, 0.15) is 23.2 Å². The predicted molar refractivity (Wildman–Crippen MR) is 73.5 cm³/mol. The fourth-order valence-corrected chi connectivity index (χ4v) is 2.55. The number of ether oxygens (including phenoxy) is 1. The molecule has 0 amide bonds. The number of nitrogens with one attached hydrogen (secondary N) is 2. The van der Waals surface area contributed by atoms with E-state index in [0.29, 0.717) is 11.1 Å². The SMILES string of the molecule is O=C(/C(=C1/CCCN1)C1CN1)c1ccc(OC(F)(F)F)cc1. The molecule has 7 heteroatoms. The summed E-state index contributed by atoms with van der Waals surface area (Å²) in [4.78, 5) is 12.6. The Labute approximate surface area is 125 Å². The van der Waals surface area contributed by atoms with Crippen molar-refractivity contribution < 1.29 is 22.7 Å². The van der Waals surface area contributed by atoms with Crippen molar-refractivity contribution in [2.45, 2.75) is 25.2 Å². The first-order valence-corrected chi connectivity index (χ1v) is 7.05. The van der Waals surface area contributed by atoms with E-state index in [1.807, 2.05) is 0 Å². The van der Waals surface area contributed by atoms with Crippen molar-refractivity contribution in [3.63, 3.8) is 0 Å². The molecule has 1 atom stereocenters. The molecule has 2 aliphatic heterocycles. The van der Waals surface area contributed by atoms with E-state index in [2.05, 4.69) is 15.4 Å². The second kappa shape index (κ2) is 5.64. The van der Waals surface area contributed by atoms with Gasteiger partial charge in [-0.25, -0.2) is 0 Å². The van der Waals surface area contributed by atoms with Crippen LogP contribution in [0.15, 0.2) is 35.5 Å². The molecule has 2 heterocycles. The van der Waals surface area contributed by atoms with Crippen LogP contribution in [-0.2, 0) is 0 Å². The second-order valence-electron chi connectivity index (χ2n) is 5.28. The quantitative estimate of drug-likeness (QED) is 0.509. The average Bonchev–Trinajstić information content (AvgIpc) is 3.12. The number of hydrogen-bond donors (Lipinski definition) is 2. The van der Waals surface area contributed by atoms with Crippen molar-refractivity contribution >= 4 is 5.78 Å². The van der Waals surface area contributed by atoms with Crippen LogP contribution < -0.4 is 15.4 Å². The Hall–Kier alpha value is -2.02. The van der Waals surface area contributed by atoms with Crippen LogP contribution in [-0.4, -0.2) is 31.3 Å². The third kappa shape index (κ3) is 3.41. The van der Waals surface area contributed by atoms with Gasteiger partial charge in [0.1, 0.15) is 5.75 Å². The Kier molecular flexibility index (Phi) is 3.82. The van der Waals surface area contributed by atoms with Gasteiger partial charge in [-0.1, -0.05) is 0 Å². The Morgan fingerprint density at radius 1 is 1.23 bits per heavy atom. The molecule has 1 unspecified atom stereocenters. The number of ketones is 1. The molecule has 2 fully saturated rings. The summed E-state index contributed by atoms with van der Waals surface area (Å²) in [6.07, 6.45) is -2.92. The minimum Gasteiger partial charge on any atom is -0.406 e. The number of hydrogen-bond acceptors (Lipinski definition) is 4. The van der Waals surface area contributed by atoms with Crippen LogP contribution in [0.4, 0.5) is 13.2 Å². The Bertz CT molecular complexity index is 596. The Balaban J connectivity index is 1.81. The van der Waals surface area contributed by atoms with E-state index in [1.54, 1.807) is 0 Å². The summed E-state index contributed by atoms with van der Waals surface area (Å²) in [5, 5.41) is 6.33. The van der Waals surface area contributed by atoms with E-state index in [9.17, 15) is 18.0 Å². The summed E-state index contributed by atoms with van der Waals surface area (Å²) in [7, 11) is 0. The van der Waals surface area contributed by atoms with E-state index in [4.69, 9.17) is 0 Å². The van der Waals surface area contributed by atoms with Crippen LogP contribution in [0, 0.1) is 0 Å². The second-order valence-corrected chi connectivity index (χ2v) is 5.28. The fraction of sp³-hybridized carbons (Fsp3) is 0.400. The van der Waals surface area contributed by atoms with Gasteiger partial charge in [0.15, 0.2) is 5.78 Å². The molecule has 1 aromatic carbocycles. The predicted octanol–water partition coefficient (Wildman–Crippen LogP) is 2.38. The van der Waals surface area contributed by atoms with Gasteiger partial charge in [-0.05, 0) is 37.1 Å². The van der Waals surface area contributed by atoms with Gasteiger partial charge in [0.25, 0.3) is 0 Å². The molecular formula is C15H15F3N2O2. The minimum absolute atomic E-state index is 0.0409. The van der Waals surface area contributed by atoms with Crippen LogP contribution in [0.25, 0.3) is 0 Å². The highest BCUT2D eigenvalue weighted by molar-refractivity contribution is 6.10. The zero-order valence-corrected chi connectivity index (χ0v) is 11.7. The number of carbonyl (C=O) groups excluding carboxylic acids is 1. The van der Waals surface area contributed by atoms with Crippen molar-refractivity contribution in [3.8, 4) is 5.75 Å². The lowest BCUT2D eigenvalue weighted by Crippen LogP contribution is -2.19. The van der Waals surface area contributed by atoms with Crippen LogP contribution in [0.2, 0.25) is 0 Å². The van der Waals surface area contributed by atoms with Gasteiger partial charge in [0.05, 0.1) is 6.04 Å². The van der Waals surface area contributed by atoms with Gasteiger partial charge in [-0.2, -0.15) is 0 Å². The first kappa shape index (κ1) is 14.9. The van der Waals surface area contributed by atoms with Crippen LogP contribution in [0.5, 0.6) is 5.75 Å². The lowest BCUT2D eigenvalue weighted by molar-refractivity contribution is -0.274. The highest BCUT2D eigenvalue weighted by atomic mass is 19.4. The molecule has 4 nitrogen and oxygen atoms in total. The van der Waals surface area contributed by atoms with Crippen LogP contribution >= 0.6 is 0 Å². The number of alkyl halides is 3. The lowest BCUT2D eigenvalue weighted by atomic mass is 9.98. The Morgan fingerprint density at radius 2 is 1.91 bits per heavy atom. The van der Waals surface area contributed by atoms with Crippen molar-refractivity contribution in [2.75, 3.05) is 13.1 Å². The normalized spacial score (nSPS) is 23.0. The summed E-state index contributed by atoms with van der Waals surface area (Å²) in [6.45, 7) is 1.60. The number of rotatable bonds is 4. The van der Waals surface area contributed by atoms with Gasteiger partial charge in [0.2, 0.25) is 0 Å². The maximum atomic E-state index is 12.6. The van der Waals surface area contributed by atoms with Gasteiger partial charge >= 0.3 is 6.36 Å². The molecule has 0 aliphatic carbocycles. The first-order chi connectivity index (χ1) is 10.4.